The van der Waals surface area contributed by atoms with Crippen molar-refractivity contribution in [1.82, 2.24) is 0 Å². The molecule has 0 heterocycles. The summed E-state index contributed by atoms with van der Waals surface area (Å²) in [5.41, 5.74) is 7.62. The summed E-state index contributed by atoms with van der Waals surface area (Å²) >= 11 is 7.03. The topological polar surface area (TPSA) is 68.3 Å². The molecule has 2 aromatic rings. The highest BCUT2D eigenvalue weighted by Gasteiger charge is 2.12. The van der Waals surface area contributed by atoms with Crippen molar-refractivity contribution < 1.29 is 9.47 Å². The van der Waals surface area contributed by atoms with Gasteiger partial charge in [-0.1, -0.05) is 42.5 Å². The summed E-state index contributed by atoms with van der Waals surface area (Å²) in [5, 5.41) is 9.07. The van der Waals surface area contributed by atoms with Gasteiger partial charge in [-0.3, -0.25) is 0 Å². The average Bonchev–Trinajstić information content (AvgIpc) is 2.58. The highest BCUT2D eigenvalue weighted by molar-refractivity contribution is 14.1. The van der Waals surface area contributed by atoms with Crippen LogP contribution in [-0.4, -0.2) is 12.1 Å². The third kappa shape index (κ3) is 4.69. The van der Waals surface area contributed by atoms with E-state index in [4.69, 9.17) is 32.7 Å². The lowest BCUT2D eigenvalue weighted by molar-refractivity contribution is 0.282. The van der Waals surface area contributed by atoms with E-state index in [1.807, 2.05) is 42.5 Å². The summed E-state index contributed by atoms with van der Waals surface area (Å²) in [6.45, 7) is 0.443. The van der Waals surface area contributed by atoms with Gasteiger partial charge in [-0.15, -0.1) is 0 Å². The fourth-order valence-corrected chi connectivity index (χ4v) is 2.90. The number of nitrogens with zero attached hydrogens (tertiary/aromatic N) is 1. The molecule has 0 saturated heterocycles. The molecule has 122 valence electrons. The van der Waals surface area contributed by atoms with E-state index >= 15 is 0 Å². The number of nitrogens with two attached hydrogens (primary N) is 1. The molecule has 0 aliphatic carbocycles. The number of thiocarbonyl (C=S) groups is 1. The minimum absolute atomic E-state index is 0.0656. The molecule has 0 unspecified atom stereocenters. The summed E-state index contributed by atoms with van der Waals surface area (Å²) in [7, 11) is 1.58. The van der Waals surface area contributed by atoms with Gasteiger partial charge in [-0.2, -0.15) is 5.26 Å². The van der Waals surface area contributed by atoms with Gasteiger partial charge in [-0.25, -0.2) is 0 Å². The molecule has 2 aromatic carbocycles. The Balaban J connectivity index is 2.31. The Morgan fingerprint density at radius 3 is 2.62 bits per heavy atom. The maximum absolute atomic E-state index is 9.07. The van der Waals surface area contributed by atoms with E-state index < -0.39 is 0 Å². The van der Waals surface area contributed by atoms with Crippen LogP contribution >= 0.6 is 34.8 Å². The first-order valence-electron chi connectivity index (χ1n) is 7.01. The summed E-state index contributed by atoms with van der Waals surface area (Å²) in [6.07, 6.45) is 1.63. The summed E-state index contributed by atoms with van der Waals surface area (Å²) in [6, 6.07) is 15.6. The van der Waals surface area contributed by atoms with Gasteiger partial charge in [0.25, 0.3) is 0 Å². The van der Waals surface area contributed by atoms with E-state index in [9.17, 15) is 0 Å². The number of halogens is 1. The Hall–Kier alpha value is -2.11. The average molecular weight is 450 g/mol. The first-order valence-corrected chi connectivity index (χ1v) is 8.49. The fourth-order valence-electron chi connectivity index (χ4n) is 2.02. The molecule has 0 aromatic heterocycles. The smallest absolute Gasteiger partial charge is 0.174 e. The molecular weight excluding hydrogens is 435 g/mol. The van der Waals surface area contributed by atoms with Crippen molar-refractivity contribution >= 4 is 45.9 Å². The zero-order valence-corrected chi connectivity index (χ0v) is 15.9. The van der Waals surface area contributed by atoms with Crippen LogP contribution in [0, 0.1) is 14.9 Å². The normalized spacial score (nSPS) is 10.8. The summed E-state index contributed by atoms with van der Waals surface area (Å²) in [5.74, 6) is 1.25. The zero-order chi connectivity index (χ0) is 17.5. The first-order chi connectivity index (χ1) is 11.5. The molecule has 0 fully saturated rings. The first kappa shape index (κ1) is 18.2. The van der Waals surface area contributed by atoms with Gasteiger partial charge in [0.05, 0.1) is 16.3 Å². The molecule has 2 N–H and O–H groups in total. The van der Waals surface area contributed by atoms with E-state index in [0.29, 0.717) is 18.1 Å². The maximum Gasteiger partial charge on any atom is 0.174 e. The van der Waals surface area contributed by atoms with Gasteiger partial charge in [0, 0.05) is 0 Å². The second-order valence-corrected chi connectivity index (χ2v) is 6.44. The molecular formula is C18H15IN2O2S. The molecule has 4 nitrogen and oxygen atoms in total. The molecule has 0 radical (unpaired) electrons. The van der Waals surface area contributed by atoms with Gasteiger partial charge in [-0.05, 0) is 51.9 Å². The van der Waals surface area contributed by atoms with E-state index in [1.54, 1.807) is 19.3 Å². The highest BCUT2D eigenvalue weighted by atomic mass is 127. The van der Waals surface area contributed by atoms with Crippen LogP contribution in [0.3, 0.4) is 0 Å². The molecule has 0 spiro atoms. The summed E-state index contributed by atoms with van der Waals surface area (Å²) < 4.78 is 12.2. The third-order valence-electron chi connectivity index (χ3n) is 3.17. The molecule has 0 bridgehead atoms. The Morgan fingerprint density at radius 1 is 1.33 bits per heavy atom. The number of hydrogen-bond acceptors (Lipinski definition) is 4. The quantitative estimate of drug-likeness (QED) is 0.311. The van der Waals surface area contributed by atoms with Crippen LogP contribution in [0.4, 0.5) is 0 Å². The number of ether oxygens (including phenoxy) is 2. The number of rotatable bonds is 6. The molecule has 6 heteroatoms. The summed E-state index contributed by atoms with van der Waals surface area (Å²) in [4.78, 5) is 0.0656. The van der Waals surface area contributed by atoms with Crippen molar-refractivity contribution in [3.8, 4) is 17.6 Å². The molecule has 0 saturated carbocycles. The number of nitriles is 1. The van der Waals surface area contributed by atoms with Crippen LogP contribution in [0.25, 0.3) is 6.08 Å². The van der Waals surface area contributed by atoms with E-state index in [2.05, 4.69) is 22.6 Å². The SMILES string of the molecule is COc1cc(/C=C(\C#N)C(N)=S)cc(I)c1OCc1ccccc1. The molecule has 0 amide bonds. The second-order valence-electron chi connectivity index (χ2n) is 4.84. The monoisotopic (exact) mass is 450 g/mol. The lowest BCUT2D eigenvalue weighted by Gasteiger charge is -2.14. The second kappa shape index (κ2) is 8.66. The molecule has 0 aliphatic heterocycles. The van der Waals surface area contributed by atoms with Gasteiger partial charge < -0.3 is 15.2 Å². The fraction of sp³-hybridized carbons (Fsp3) is 0.111. The van der Waals surface area contributed by atoms with Crippen molar-refractivity contribution in [1.29, 1.82) is 5.26 Å². The van der Waals surface area contributed by atoms with Crippen LogP contribution in [-0.2, 0) is 6.61 Å². The molecule has 0 atom stereocenters. The predicted molar refractivity (Wildman–Crippen MR) is 107 cm³/mol. The van der Waals surface area contributed by atoms with Crippen LogP contribution in [0.5, 0.6) is 11.5 Å². The molecule has 0 aliphatic rings. The third-order valence-corrected chi connectivity index (χ3v) is 4.20. The standard InChI is InChI=1S/C18H15IN2O2S/c1-22-16-9-13(7-14(10-20)18(21)24)8-15(19)17(16)23-11-12-5-3-2-4-6-12/h2-9H,11H2,1H3,(H2,21,24)/b14-7+. The Morgan fingerprint density at radius 2 is 2.04 bits per heavy atom. The number of methoxy groups -OCH3 is 1. The van der Waals surface area contributed by atoms with Crippen LogP contribution in [0.15, 0.2) is 48.0 Å². The van der Waals surface area contributed by atoms with E-state index in [-0.39, 0.29) is 10.6 Å². The van der Waals surface area contributed by atoms with Crippen molar-refractivity contribution in [2.24, 2.45) is 5.73 Å². The lowest BCUT2D eigenvalue weighted by atomic mass is 10.1. The zero-order valence-electron chi connectivity index (χ0n) is 13.0. The maximum atomic E-state index is 9.07. The minimum Gasteiger partial charge on any atom is -0.493 e. The van der Waals surface area contributed by atoms with Crippen LogP contribution < -0.4 is 15.2 Å². The van der Waals surface area contributed by atoms with Crippen molar-refractivity contribution in [2.75, 3.05) is 7.11 Å². The van der Waals surface area contributed by atoms with Crippen molar-refractivity contribution in [3.05, 3.63) is 62.7 Å². The van der Waals surface area contributed by atoms with Crippen LogP contribution in [0.2, 0.25) is 0 Å². The molecule has 24 heavy (non-hydrogen) atoms. The Kier molecular flexibility index (Phi) is 6.58. The number of benzene rings is 2. The van der Waals surface area contributed by atoms with Gasteiger partial charge in [0.2, 0.25) is 0 Å². The lowest BCUT2D eigenvalue weighted by Crippen LogP contribution is -2.09. The largest absolute Gasteiger partial charge is 0.493 e. The van der Waals surface area contributed by atoms with E-state index in [1.165, 1.54) is 0 Å². The van der Waals surface area contributed by atoms with Gasteiger partial charge in [0.1, 0.15) is 17.7 Å². The molecule has 2 rings (SSSR count). The minimum atomic E-state index is 0.0656. The Labute approximate surface area is 160 Å². The van der Waals surface area contributed by atoms with E-state index in [0.717, 1.165) is 14.7 Å². The van der Waals surface area contributed by atoms with Crippen molar-refractivity contribution in [2.45, 2.75) is 6.61 Å². The highest BCUT2D eigenvalue weighted by Crippen LogP contribution is 2.35. The number of hydrogen-bond donors (Lipinski definition) is 1. The van der Waals surface area contributed by atoms with Crippen molar-refractivity contribution in [3.63, 3.8) is 0 Å². The van der Waals surface area contributed by atoms with Gasteiger partial charge in [0.15, 0.2) is 11.5 Å². The van der Waals surface area contributed by atoms with Crippen LogP contribution in [0.1, 0.15) is 11.1 Å². The predicted octanol–water partition coefficient (Wildman–Crippen LogP) is 4.07. The van der Waals surface area contributed by atoms with Gasteiger partial charge >= 0.3 is 0 Å². The Bertz CT molecular complexity index is 814.